The van der Waals surface area contributed by atoms with Gasteiger partial charge in [0.25, 0.3) is 10.2 Å². The van der Waals surface area contributed by atoms with Gasteiger partial charge >= 0.3 is 6.18 Å². The van der Waals surface area contributed by atoms with E-state index in [1.807, 2.05) is 6.92 Å². The molecule has 6 N–H and O–H groups in total. The van der Waals surface area contributed by atoms with E-state index in [1.165, 1.54) is 17.0 Å². The second kappa shape index (κ2) is 14.5. The maximum Gasteiger partial charge on any atom is 0.416 e. The van der Waals surface area contributed by atoms with Gasteiger partial charge in [0.1, 0.15) is 24.2 Å². The molecule has 1 unspecified atom stereocenters. The first-order chi connectivity index (χ1) is 20.1. The van der Waals surface area contributed by atoms with Crippen LogP contribution in [0.2, 0.25) is 0 Å². The van der Waals surface area contributed by atoms with Gasteiger partial charge in [-0.3, -0.25) is 19.2 Å². The number of carbonyl (C=O) groups excluding carboxylic acids is 4. The van der Waals surface area contributed by atoms with E-state index in [4.69, 9.17) is 5.14 Å². The molecule has 2 fully saturated rings. The third kappa shape index (κ3) is 9.63. The summed E-state index contributed by atoms with van der Waals surface area (Å²) >= 11 is 0. The van der Waals surface area contributed by atoms with Gasteiger partial charge in [-0.15, -0.1) is 0 Å². The number of carbonyl (C=O) groups is 4. The Kier molecular flexibility index (Phi) is 11.5. The van der Waals surface area contributed by atoms with Crippen LogP contribution >= 0.6 is 0 Å². The first-order valence-electron chi connectivity index (χ1n) is 14.3. The van der Waals surface area contributed by atoms with Crippen molar-refractivity contribution in [2.24, 2.45) is 11.1 Å². The van der Waals surface area contributed by atoms with Crippen molar-refractivity contribution in [1.82, 2.24) is 25.6 Å². The van der Waals surface area contributed by atoms with Crippen molar-refractivity contribution in [1.29, 1.82) is 0 Å². The van der Waals surface area contributed by atoms with Crippen molar-refractivity contribution < 1.29 is 40.8 Å². The number of benzene rings is 1. The molecule has 0 aliphatic carbocycles. The summed E-state index contributed by atoms with van der Waals surface area (Å²) in [5, 5.41) is 13.0. The Morgan fingerprint density at radius 2 is 1.63 bits per heavy atom. The molecule has 240 valence electrons. The van der Waals surface area contributed by atoms with Crippen LogP contribution in [0.4, 0.5) is 13.2 Å². The van der Waals surface area contributed by atoms with Gasteiger partial charge in [-0.2, -0.15) is 21.6 Å². The normalized spacial score (nSPS) is 24.7. The SMILES string of the molecule is CCC(C)[C@@H]1NC(=O)[C@@H](Cc2ccc(C(F)(F)F)cc2)NC(=O)[C@H](CCCCNS(N)(=O)=O)NC(=O)[C@H]2CCCN2C1=O. The zero-order chi connectivity index (χ0) is 31.9. The summed E-state index contributed by atoms with van der Waals surface area (Å²) in [6, 6.07) is -0.0560. The Hall–Kier alpha value is -3.24. The lowest BCUT2D eigenvalue weighted by atomic mass is 9.95. The van der Waals surface area contributed by atoms with Crippen LogP contribution in [0.5, 0.6) is 0 Å². The van der Waals surface area contributed by atoms with E-state index in [-0.39, 0.29) is 31.7 Å². The summed E-state index contributed by atoms with van der Waals surface area (Å²) in [5.41, 5.74) is -0.535. The van der Waals surface area contributed by atoms with Gasteiger partial charge in [-0.05, 0) is 55.7 Å². The first-order valence-corrected chi connectivity index (χ1v) is 15.8. The van der Waals surface area contributed by atoms with Crippen molar-refractivity contribution in [3.8, 4) is 0 Å². The van der Waals surface area contributed by atoms with Gasteiger partial charge in [-0.25, -0.2) is 9.86 Å². The minimum atomic E-state index is -4.55. The summed E-state index contributed by atoms with van der Waals surface area (Å²) in [6.07, 6.45) is -2.61. The highest BCUT2D eigenvalue weighted by Gasteiger charge is 2.42. The number of amides is 4. The molecule has 2 saturated heterocycles. The number of hydrogen-bond acceptors (Lipinski definition) is 6. The molecule has 4 amide bonds. The molecule has 0 bridgehead atoms. The smallest absolute Gasteiger partial charge is 0.343 e. The number of fused-ring (bicyclic) bond motifs is 1. The fourth-order valence-corrected chi connectivity index (χ4v) is 5.62. The predicted molar refractivity (Wildman–Crippen MR) is 150 cm³/mol. The Morgan fingerprint density at radius 1 is 1.00 bits per heavy atom. The molecule has 0 saturated carbocycles. The van der Waals surface area contributed by atoms with Crippen LogP contribution < -0.4 is 25.8 Å². The highest BCUT2D eigenvalue weighted by molar-refractivity contribution is 7.87. The number of rotatable bonds is 10. The molecule has 1 aromatic carbocycles. The van der Waals surface area contributed by atoms with Crippen LogP contribution in [0.3, 0.4) is 0 Å². The van der Waals surface area contributed by atoms with Crippen LogP contribution in [0.1, 0.15) is 63.5 Å². The monoisotopic (exact) mass is 632 g/mol. The van der Waals surface area contributed by atoms with Crippen LogP contribution in [0.25, 0.3) is 0 Å². The maximum absolute atomic E-state index is 13.7. The molecule has 1 aromatic rings. The van der Waals surface area contributed by atoms with Gasteiger partial charge < -0.3 is 20.9 Å². The number of nitrogens with one attached hydrogen (secondary N) is 4. The van der Waals surface area contributed by atoms with Crippen molar-refractivity contribution in [3.63, 3.8) is 0 Å². The third-order valence-corrected chi connectivity index (χ3v) is 8.43. The fourth-order valence-electron chi connectivity index (χ4n) is 5.19. The number of halogens is 3. The Labute approximate surface area is 248 Å². The van der Waals surface area contributed by atoms with E-state index in [1.54, 1.807) is 6.92 Å². The average Bonchev–Trinajstić information content (AvgIpc) is 3.43. The molecule has 2 aliphatic rings. The van der Waals surface area contributed by atoms with E-state index in [2.05, 4.69) is 20.7 Å². The van der Waals surface area contributed by atoms with Crippen molar-refractivity contribution in [2.75, 3.05) is 13.1 Å². The zero-order valence-corrected chi connectivity index (χ0v) is 24.9. The van der Waals surface area contributed by atoms with Crippen molar-refractivity contribution in [3.05, 3.63) is 35.4 Å². The Morgan fingerprint density at radius 3 is 2.23 bits per heavy atom. The quantitative estimate of drug-likeness (QED) is 0.237. The van der Waals surface area contributed by atoms with E-state index in [0.29, 0.717) is 37.8 Å². The molecule has 3 rings (SSSR count). The van der Waals surface area contributed by atoms with E-state index >= 15 is 0 Å². The summed E-state index contributed by atoms with van der Waals surface area (Å²) in [7, 11) is -3.90. The van der Waals surface area contributed by atoms with E-state index < -0.39 is 69.7 Å². The van der Waals surface area contributed by atoms with E-state index in [0.717, 1.165) is 12.1 Å². The summed E-state index contributed by atoms with van der Waals surface area (Å²) in [4.78, 5) is 55.5. The molecule has 12 nitrogen and oxygen atoms in total. The molecule has 43 heavy (non-hydrogen) atoms. The predicted octanol–water partition coefficient (Wildman–Crippen LogP) is 0.716. The molecular formula is C27H39F3N6O6S. The fraction of sp³-hybridized carbons (Fsp3) is 0.630. The van der Waals surface area contributed by atoms with Crippen LogP contribution in [-0.4, -0.2) is 74.2 Å². The molecule has 2 aliphatic heterocycles. The largest absolute Gasteiger partial charge is 0.416 e. The zero-order valence-electron chi connectivity index (χ0n) is 24.1. The summed E-state index contributed by atoms with van der Waals surface area (Å²) in [5.74, 6) is -2.65. The third-order valence-electron chi connectivity index (χ3n) is 7.83. The van der Waals surface area contributed by atoms with E-state index in [9.17, 15) is 40.8 Å². The van der Waals surface area contributed by atoms with Crippen LogP contribution in [0.15, 0.2) is 24.3 Å². The van der Waals surface area contributed by atoms with Gasteiger partial charge in [0.05, 0.1) is 5.56 Å². The number of unbranched alkanes of at least 4 members (excludes halogenated alkanes) is 1. The number of alkyl halides is 3. The average molecular weight is 633 g/mol. The molecule has 5 atom stereocenters. The highest BCUT2D eigenvalue weighted by Crippen LogP contribution is 2.29. The van der Waals surface area contributed by atoms with Crippen molar-refractivity contribution in [2.45, 2.75) is 89.1 Å². The summed E-state index contributed by atoms with van der Waals surface area (Å²) in [6.45, 7) is 3.93. The lowest BCUT2D eigenvalue weighted by Gasteiger charge is -2.34. The van der Waals surface area contributed by atoms with Crippen LogP contribution in [-0.2, 0) is 42.0 Å². The van der Waals surface area contributed by atoms with Gasteiger partial charge in [0, 0.05) is 19.5 Å². The molecule has 16 heteroatoms. The minimum Gasteiger partial charge on any atom is -0.343 e. The standard InChI is InChI=1S/C27H39F3N6O6S/c1-3-16(2)22-26(40)36-14-6-8-21(36)25(39)33-19(7-4-5-13-32-43(31,41)42)23(37)34-20(24(38)35-22)15-17-9-11-18(12-10-17)27(28,29)30/h9-12,16,19-22,32H,3-8,13-15H2,1-2H3,(H,33,39)(H,34,37)(H,35,38)(H2,31,41,42)/t16?,19-,20+,21+,22-/m0/s1. The Balaban J connectivity index is 1.91. The first kappa shape index (κ1) is 34.3. The molecule has 0 radical (unpaired) electrons. The number of nitrogens with zero attached hydrogens (tertiary/aromatic N) is 1. The number of nitrogens with two attached hydrogens (primary N) is 1. The maximum atomic E-state index is 13.7. The summed E-state index contributed by atoms with van der Waals surface area (Å²) < 4.78 is 63.6. The Bertz CT molecular complexity index is 1280. The van der Waals surface area contributed by atoms with Gasteiger partial charge in [0.15, 0.2) is 0 Å². The molecule has 0 spiro atoms. The van der Waals surface area contributed by atoms with Crippen molar-refractivity contribution >= 4 is 33.8 Å². The lowest BCUT2D eigenvalue weighted by Crippen LogP contribution is -2.62. The topological polar surface area (TPSA) is 180 Å². The second-order valence-electron chi connectivity index (χ2n) is 11.0. The highest BCUT2D eigenvalue weighted by atomic mass is 32.2. The minimum absolute atomic E-state index is 0.00196. The molecule has 0 aromatic heterocycles. The second-order valence-corrected chi connectivity index (χ2v) is 12.4. The van der Waals surface area contributed by atoms with Gasteiger partial charge in [0.2, 0.25) is 23.6 Å². The molecular weight excluding hydrogens is 593 g/mol. The lowest BCUT2D eigenvalue weighted by molar-refractivity contribution is -0.144. The van der Waals surface area contributed by atoms with Gasteiger partial charge in [-0.1, -0.05) is 32.4 Å². The number of hydrogen-bond donors (Lipinski definition) is 5. The van der Waals surface area contributed by atoms with Crippen LogP contribution in [0, 0.1) is 5.92 Å². The molecule has 2 heterocycles.